The normalized spacial score (nSPS) is 16.2. The first-order valence-corrected chi connectivity index (χ1v) is 5.92. The molecule has 0 saturated heterocycles. The van der Waals surface area contributed by atoms with Crippen molar-refractivity contribution in [1.82, 2.24) is 4.90 Å². The van der Waals surface area contributed by atoms with E-state index in [1.54, 1.807) is 6.92 Å². The quantitative estimate of drug-likeness (QED) is 0.694. The lowest BCUT2D eigenvalue weighted by atomic mass is 9.91. The number of hydrogen-bond donors (Lipinski definition) is 2. The van der Waals surface area contributed by atoms with Gasteiger partial charge in [0, 0.05) is 12.6 Å². The SMILES string of the molecule is CCN(CC(C)(C)CN)C(C)C(C)C(=O)O. The van der Waals surface area contributed by atoms with Crippen molar-refractivity contribution >= 4 is 5.97 Å². The number of nitrogens with two attached hydrogens (primary N) is 1. The Bertz CT molecular complexity index is 229. The van der Waals surface area contributed by atoms with E-state index in [0.717, 1.165) is 13.1 Å². The van der Waals surface area contributed by atoms with E-state index >= 15 is 0 Å². The van der Waals surface area contributed by atoms with Gasteiger partial charge in [-0.15, -0.1) is 0 Å². The van der Waals surface area contributed by atoms with Crippen LogP contribution >= 0.6 is 0 Å². The molecule has 4 nitrogen and oxygen atoms in total. The van der Waals surface area contributed by atoms with Gasteiger partial charge in [0.1, 0.15) is 0 Å². The summed E-state index contributed by atoms with van der Waals surface area (Å²) in [5.74, 6) is -1.09. The molecule has 0 bridgehead atoms. The van der Waals surface area contributed by atoms with E-state index in [0.29, 0.717) is 6.54 Å². The maximum atomic E-state index is 10.9. The summed E-state index contributed by atoms with van der Waals surface area (Å²) in [6.07, 6.45) is 0. The van der Waals surface area contributed by atoms with Crippen LogP contribution in [0.1, 0.15) is 34.6 Å². The first kappa shape index (κ1) is 15.4. The fourth-order valence-electron chi connectivity index (χ4n) is 1.68. The van der Waals surface area contributed by atoms with Crippen LogP contribution in [0.15, 0.2) is 0 Å². The van der Waals surface area contributed by atoms with Crippen LogP contribution in [0, 0.1) is 11.3 Å². The molecule has 2 unspecified atom stereocenters. The third-order valence-corrected chi connectivity index (χ3v) is 3.28. The van der Waals surface area contributed by atoms with E-state index in [2.05, 4.69) is 25.7 Å². The van der Waals surface area contributed by atoms with E-state index < -0.39 is 5.97 Å². The Morgan fingerprint density at radius 1 is 1.44 bits per heavy atom. The zero-order valence-electron chi connectivity index (χ0n) is 11.2. The Morgan fingerprint density at radius 3 is 2.25 bits per heavy atom. The third-order valence-electron chi connectivity index (χ3n) is 3.28. The zero-order chi connectivity index (χ0) is 12.9. The van der Waals surface area contributed by atoms with E-state index in [1.165, 1.54) is 0 Å². The molecule has 0 aliphatic heterocycles. The fraction of sp³-hybridized carbons (Fsp3) is 0.917. The minimum atomic E-state index is -0.739. The van der Waals surface area contributed by atoms with Crippen molar-refractivity contribution in [3.63, 3.8) is 0 Å². The Kier molecular flexibility index (Phi) is 5.97. The molecule has 4 heteroatoms. The average Bonchev–Trinajstić information content (AvgIpc) is 2.23. The highest BCUT2D eigenvalue weighted by Gasteiger charge is 2.28. The van der Waals surface area contributed by atoms with Crippen molar-refractivity contribution in [2.45, 2.75) is 40.7 Å². The molecule has 0 aromatic carbocycles. The molecule has 0 aromatic heterocycles. The van der Waals surface area contributed by atoms with Crippen LogP contribution in [0.25, 0.3) is 0 Å². The lowest BCUT2D eigenvalue weighted by molar-refractivity contribution is -0.143. The molecule has 0 spiro atoms. The van der Waals surface area contributed by atoms with Crippen molar-refractivity contribution < 1.29 is 9.90 Å². The Balaban J connectivity index is 4.55. The van der Waals surface area contributed by atoms with E-state index in [4.69, 9.17) is 10.8 Å². The molecule has 0 rings (SSSR count). The summed E-state index contributed by atoms with van der Waals surface area (Å²) < 4.78 is 0. The molecule has 96 valence electrons. The molecule has 2 atom stereocenters. The van der Waals surface area contributed by atoms with Crippen LogP contribution in [-0.4, -0.2) is 41.7 Å². The van der Waals surface area contributed by atoms with Crippen molar-refractivity contribution in [3.05, 3.63) is 0 Å². The number of aliphatic carboxylic acids is 1. The van der Waals surface area contributed by atoms with Gasteiger partial charge in [0.05, 0.1) is 5.92 Å². The van der Waals surface area contributed by atoms with Gasteiger partial charge < -0.3 is 10.8 Å². The van der Waals surface area contributed by atoms with Crippen LogP contribution in [0.2, 0.25) is 0 Å². The maximum absolute atomic E-state index is 10.9. The van der Waals surface area contributed by atoms with E-state index in [1.807, 2.05) is 6.92 Å². The van der Waals surface area contributed by atoms with Crippen LogP contribution in [0.4, 0.5) is 0 Å². The first-order chi connectivity index (χ1) is 7.25. The molecular formula is C12H26N2O2. The van der Waals surface area contributed by atoms with Crippen LogP contribution in [-0.2, 0) is 4.79 Å². The number of carboxylic acid groups (broad SMARTS) is 1. The molecular weight excluding hydrogens is 204 g/mol. The Labute approximate surface area is 98.8 Å². The molecule has 0 radical (unpaired) electrons. The number of hydrogen-bond acceptors (Lipinski definition) is 3. The van der Waals surface area contributed by atoms with Gasteiger partial charge in [0.2, 0.25) is 0 Å². The highest BCUT2D eigenvalue weighted by Crippen LogP contribution is 2.19. The van der Waals surface area contributed by atoms with Crippen LogP contribution in [0.5, 0.6) is 0 Å². The predicted molar refractivity (Wildman–Crippen MR) is 66.3 cm³/mol. The summed E-state index contributed by atoms with van der Waals surface area (Å²) >= 11 is 0. The summed E-state index contributed by atoms with van der Waals surface area (Å²) in [6, 6.07) is 0.0355. The van der Waals surface area contributed by atoms with Gasteiger partial charge in [-0.1, -0.05) is 27.7 Å². The maximum Gasteiger partial charge on any atom is 0.307 e. The second-order valence-corrected chi connectivity index (χ2v) is 5.30. The molecule has 0 aliphatic carbocycles. The van der Waals surface area contributed by atoms with Crippen LogP contribution in [0.3, 0.4) is 0 Å². The summed E-state index contributed by atoms with van der Waals surface area (Å²) in [5, 5.41) is 9.00. The minimum Gasteiger partial charge on any atom is -0.481 e. The number of nitrogens with zero attached hydrogens (tertiary/aromatic N) is 1. The van der Waals surface area contributed by atoms with Crippen molar-refractivity contribution in [2.75, 3.05) is 19.6 Å². The monoisotopic (exact) mass is 230 g/mol. The van der Waals surface area contributed by atoms with E-state index in [-0.39, 0.29) is 17.4 Å². The summed E-state index contributed by atoms with van der Waals surface area (Å²) in [4.78, 5) is 13.1. The van der Waals surface area contributed by atoms with Crippen LogP contribution < -0.4 is 5.73 Å². The third kappa shape index (κ3) is 4.49. The second-order valence-electron chi connectivity index (χ2n) is 5.30. The van der Waals surface area contributed by atoms with Gasteiger partial charge >= 0.3 is 5.97 Å². The summed E-state index contributed by atoms with van der Waals surface area (Å²) in [7, 11) is 0. The smallest absolute Gasteiger partial charge is 0.307 e. The number of carboxylic acids is 1. The minimum absolute atomic E-state index is 0.0303. The fourth-order valence-corrected chi connectivity index (χ4v) is 1.68. The molecule has 0 aliphatic rings. The second kappa shape index (κ2) is 6.21. The Morgan fingerprint density at radius 2 is 1.94 bits per heavy atom. The summed E-state index contributed by atoms with van der Waals surface area (Å²) in [6.45, 7) is 12.3. The van der Waals surface area contributed by atoms with Gasteiger partial charge in [0.25, 0.3) is 0 Å². The van der Waals surface area contributed by atoms with Gasteiger partial charge in [-0.3, -0.25) is 9.69 Å². The van der Waals surface area contributed by atoms with Crippen molar-refractivity contribution in [3.8, 4) is 0 Å². The molecule has 0 amide bonds. The first-order valence-electron chi connectivity index (χ1n) is 5.92. The number of carbonyl (C=O) groups is 1. The van der Waals surface area contributed by atoms with Crippen molar-refractivity contribution in [2.24, 2.45) is 17.1 Å². The van der Waals surface area contributed by atoms with Gasteiger partial charge in [-0.2, -0.15) is 0 Å². The average molecular weight is 230 g/mol. The lowest BCUT2D eigenvalue weighted by Crippen LogP contribution is -2.46. The predicted octanol–water partition coefficient (Wildman–Crippen LogP) is 1.40. The van der Waals surface area contributed by atoms with Crippen molar-refractivity contribution in [1.29, 1.82) is 0 Å². The zero-order valence-corrected chi connectivity index (χ0v) is 11.2. The van der Waals surface area contributed by atoms with Gasteiger partial charge in [-0.25, -0.2) is 0 Å². The van der Waals surface area contributed by atoms with Gasteiger partial charge in [-0.05, 0) is 25.4 Å². The molecule has 0 fully saturated rings. The largest absolute Gasteiger partial charge is 0.481 e. The highest BCUT2D eigenvalue weighted by atomic mass is 16.4. The molecule has 16 heavy (non-hydrogen) atoms. The Hall–Kier alpha value is -0.610. The van der Waals surface area contributed by atoms with Gasteiger partial charge in [0.15, 0.2) is 0 Å². The molecule has 0 aromatic rings. The topological polar surface area (TPSA) is 66.6 Å². The lowest BCUT2D eigenvalue weighted by Gasteiger charge is -2.36. The molecule has 0 heterocycles. The standard InChI is InChI=1S/C12H26N2O2/c1-6-14(8-12(4,5)7-13)10(3)9(2)11(15)16/h9-10H,6-8,13H2,1-5H3,(H,15,16). The molecule has 0 saturated carbocycles. The highest BCUT2D eigenvalue weighted by molar-refractivity contribution is 5.70. The van der Waals surface area contributed by atoms with E-state index in [9.17, 15) is 4.79 Å². The molecule has 3 N–H and O–H groups in total. The summed E-state index contributed by atoms with van der Waals surface area (Å²) in [5.41, 5.74) is 5.73. The number of rotatable bonds is 7.